The number of ether oxygens (including phenoxy) is 2. The maximum absolute atomic E-state index is 10.4. The normalized spacial score (nSPS) is 11.0. The van der Waals surface area contributed by atoms with Crippen LogP contribution >= 0.6 is 0 Å². The van der Waals surface area contributed by atoms with E-state index in [4.69, 9.17) is 18.7 Å². The molecule has 0 bridgehead atoms. The van der Waals surface area contributed by atoms with Gasteiger partial charge in [-0.05, 0) is 18.2 Å². The van der Waals surface area contributed by atoms with Crippen LogP contribution < -0.4 is 9.47 Å². The average molecular weight is 324 g/mol. The van der Waals surface area contributed by atoms with Crippen molar-refractivity contribution in [2.45, 2.75) is 6.61 Å². The Balaban J connectivity index is 1.53. The zero-order valence-corrected chi connectivity index (χ0v) is 12.4. The summed E-state index contributed by atoms with van der Waals surface area (Å²) in [7, 11) is 0. The minimum atomic E-state index is -1.42. The van der Waals surface area contributed by atoms with Gasteiger partial charge in [-0.15, -0.1) is 0 Å². The van der Waals surface area contributed by atoms with Gasteiger partial charge in [0, 0.05) is 28.5 Å². The molecular formula is C18H12O6. The van der Waals surface area contributed by atoms with Crippen molar-refractivity contribution in [2.24, 2.45) is 0 Å². The van der Waals surface area contributed by atoms with E-state index in [1.54, 1.807) is 0 Å². The van der Waals surface area contributed by atoms with Gasteiger partial charge in [-0.1, -0.05) is 18.2 Å². The number of hydrogen-bond donors (Lipinski definition) is 1. The van der Waals surface area contributed by atoms with Crippen LogP contribution in [0.4, 0.5) is 4.79 Å². The first kappa shape index (κ1) is 14.2. The quantitative estimate of drug-likeness (QED) is 0.542. The first-order valence-corrected chi connectivity index (χ1v) is 7.21. The zero-order chi connectivity index (χ0) is 16.5. The zero-order valence-electron chi connectivity index (χ0n) is 12.4. The topological polar surface area (TPSA) is 82.0 Å². The molecule has 0 atom stereocenters. The first-order valence-electron chi connectivity index (χ1n) is 7.21. The van der Waals surface area contributed by atoms with Gasteiger partial charge in [-0.3, -0.25) is 0 Å². The van der Waals surface area contributed by atoms with Crippen LogP contribution in [0.25, 0.3) is 21.9 Å². The summed E-state index contributed by atoms with van der Waals surface area (Å²) in [5.41, 5.74) is 2.24. The lowest BCUT2D eigenvalue weighted by molar-refractivity contribution is 0.133. The van der Waals surface area contributed by atoms with Gasteiger partial charge in [0.25, 0.3) is 5.95 Å². The maximum Gasteiger partial charge on any atom is 0.513 e. The summed E-state index contributed by atoms with van der Waals surface area (Å²) in [4.78, 5) is 10.4. The minimum Gasteiger partial charge on any atom is -0.489 e. The van der Waals surface area contributed by atoms with E-state index in [0.717, 1.165) is 21.9 Å². The average Bonchev–Trinajstić information content (AvgIpc) is 3.15. The number of hydrogen-bond acceptors (Lipinski definition) is 5. The van der Waals surface area contributed by atoms with Crippen molar-refractivity contribution >= 4 is 28.1 Å². The summed E-state index contributed by atoms with van der Waals surface area (Å²) in [5, 5.41) is 10.6. The van der Waals surface area contributed by atoms with Gasteiger partial charge >= 0.3 is 6.16 Å². The fourth-order valence-corrected chi connectivity index (χ4v) is 2.53. The lowest BCUT2D eigenvalue weighted by Crippen LogP contribution is -2.01. The monoisotopic (exact) mass is 324 g/mol. The van der Waals surface area contributed by atoms with Crippen molar-refractivity contribution in [3.8, 4) is 11.7 Å². The van der Waals surface area contributed by atoms with E-state index in [9.17, 15) is 4.79 Å². The molecule has 2 aromatic heterocycles. The van der Waals surface area contributed by atoms with Crippen molar-refractivity contribution in [2.75, 3.05) is 0 Å². The highest BCUT2D eigenvalue weighted by atomic mass is 16.7. The molecule has 6 nitrogen and oxygen atoms in total. The molecule has 2 aromatic carbocycles. The van der Waals surface area contributed by atoms with E-state index in [0.29, 0.717) is 11.3 Å². The Labute approximate surface area is 135 Å². The van der Waals surface area contributed by atoms with Gasteiger partial charge in [0.05, 0.1) is 0 Å². The number of carbonyl (C=O) groups is 1. The SMILES string of the molecule is O=C(O)Oc1cc(COc2ccc3c(c2)oc2ccccc23)co1. The highest BCUT2D eigenvalue weighted by Crippen LogP contribution is 2.31. The molecule has 120 valence electrons. The van der Waals surface area contributed by atoms with Gasteiger partial charge in [-0.25, -0.2) is 4.79 Å². The van der Waals surface area contributed by atoms with E-state index in [1.807, 2.05) is 42.5 Å². The maximum atomic E-state index is 10.4. The number of furan rings is 2. The van der Waals surface area contributed by atoms with Gasteiger partial charge < -0.3 is 23.4 Å². The molecule has 4 rings (SSSR count). The van der Waals surface area contributed by atoms with Crippen LogP contribution in [0.2, 0.25) is 0 Å². The summed E-state index contributed by atoms with van der Waals surface area (Å²) in [6, 6.07) is 14.9. The molecular weight excluding hydrogens is 312 g/mol. The Hall–Kier alpha value is -3.41. The van der Waals surface area contributed by atoms with Gasteiger partial charge in [-0.2, -0.15) is 0 Å². The lowest BCUT2D eigenvalue weighted by atomic mass is 10.1. The highest BCUT2D eigenvalue weighted by Gasteiger charge is 2.09. The van der Waals surface area contributed by atoms with Gasteiger partial charge in [0.2, 0.25) is 0 Å². The van der Waals surface area contributed by atoms with E-state index >= 15 is 0 Å². The molecule has 0 aliphatic rings. The fourth-order valence-electron chi connectivity index (χ4n) is 2.53. The third kappa shape index (κ3) is 2.65. The van der Waals surface area contributed by atoms with Gasteiger partial charge in [0.15, 0.2) is 0 Å². The van der Waals surface area contributed by atoms with Crippen molar-refractivity contribution in [1.29, 1.82) is 0 Å². The van der Waals surface area contributed by atoms with Gasteiger partial charge in [0.1, 0.15) is 29.8 Å². The molecule has 0 amide bonds. The largest absolute Gasteiger partial charge is 0.513 e. The lowest BCUT2D eigenvalue weighted by Gasteiger charge is -2.03. The standard InChI is InChI=1S/C18H12O6/c19-18(20)24-17-7-11(10-22-17)9-21-12-5-6-14-13-3-1-2-4-15(13)23-16(14)8-12/h1-8,10H,9H2,(H,19,20). The smallest absolute Gasteiger partial charge is 0.489 e. The van der Waals surface area contributed by atoms with Crippen LogP contribution in [-0.2, 0) is 6.61 Å². The Morgan fingerprint density at radius 2 is 1.88 bits per heavy atom. The van der Waals surface area contributed by atoms with E-state index in [1.165, 1.54) is 12.3 Å². The third-order valence-corrected chi connectivity index (χ3v) is 3.57. The molecule has 1 N–H and O–H groups in total. The molecule has 6 heteroatoms. The number of carboxylic acid groups (broad SMARTS) is 1. The van der Waals surface area contributed by atoms with Crippen LogP contribution in [-0.4, -0.2) is 11.3 Å². The molecule has 2 heterocycles. The number of rotatable bonds is 4. The van der Waals surface area contributed by atoms with Crippen LogP contribution in [0.5, 0.6) is 11.7 Å². The summed E-state index contributed by atoms with van der Waals surface area (Å²) in [6.07, 6.45) is -0.0370. The van der Waals surface area contributed by atoms with E-state index in [2.05, 4.69) is 4.74 Å². The summed E-state index contributed by atoms with van der Waals surface area (Å²) >= 11 is 0. The summed E-state index contributed by atoms with van der Waals surface area (Å²) in [5.74, 6) is 0.553. The third-order valence-electron chi connectivity index (χ3n) is 3.57. The Bertz CT molecular complexity index is 1030. The Kier molecular flexibility index (Phi) is 3.35. The fraction of sp³-hybridized carbons (Fsp3) is 0.0556. The second-order valence-corrected chi connectivity index (χ2v) is 5.19. The van der Waals surface area contributed by atoms with Crippen LogP contribution in [0.3, 0.4) is 0 Å². The predicted molar refractivity (Wildman–Crippen MR) is 85.4 cm³/mol. The van der Waals surface area contributed by atoms with Crippen molar-refractivity contribution in [3.05, 3.63) is 60.4 Å². The van der Waals surface area contributed by atoms with Crippen molar-refractivity contribution < 1.29 is 28.2 Å². The highest BCUT2D eigenvalue weighted by molar-refractivity contribution is 6.05. The first-order chi connectivity index (χ1) is 11.7. The second kappa shape index (κ2) is 5.66. The van der Waals surface area contributed by atoms with E-state index in [-0.39, 0.29) is 12.6 Å². The second-order valence-electron chi connectivity index (χ2n) is 5.19. The van der Waals surface area contributed by atoms with Crippen LogP contribution in [0.1, 0.15) is 5.56 Å². The number of fused-ring (bicyclic) bond motifs is 3. The molecule has 0 aliphatic heterocycles. The molecule has 0 aliphatic carbocycles. The molecule has 0 spiro atoms. The molecule has 0 saturated carbocycles. The summed E-state index contributed by atoms with van der Waals surface area (Å²) in [6.45, 7) is 0.220. The Morgan fingerprint density at radius 1 is 1.04 bits per heavy atom. The van der Waals surface area contributed by atoms with Crippen LogP contribution in [0, 0.1) is 0 Å². The molecule has 0 saturated heterocycles. The number of benzene rings is 2. The molecule has 0 radical (unpaired) electrons. The molecule has 24 heavy (non-hydrogen) atoms. The van der Waals surface area contributed by atoms with Crippen molar-refractivity contribution in [3.63, 3.8) is 0 Å². The number of para-hydroxylation sites is 1. The van der Waals surface area contributed by atoms with Crippen molar-refractivity contribution in [1.82, 2.24) is 0 Å². The molecule has 0 unspecified atom stereocenters. The van der Waals surface area contributed by atoms with Crippen LogP contribution in [0.15, 0.2) is 63.6 Å². The minimum absolute atomic E-state index is 0.0890. The van der Waals surface area contributed by atoms with E-state index < -0.39 is 6.16 Å². The summed E-state index contributed by atoms with van der Waals surface area (Å²) < 4.78 is 20.9. The Morgan fingerprint density at radius 3 is 2.75 bits per heavy atom. The molecule has 4 aromatic rings. The molecule has 0 fully saturated rings. The predicted octanol–water partition coefficient (Wildman–Crippen LogP) is 4.81.